The molecule has 2 rings (SSSR count). The lowest BCUT2D eigenvalue weighted by atomic mass is 9.85. The predicted molar refractivity (Wildman–Crippen MR) is 71.5 cm³/mol. The Morgan fingerprint density at radius 2 is 2.06 bits per heavy atom. The molecule has 3 heteroatoms. The molecule has 1 aliphatic heterocycles. The fourth-order valence-electron chi connectivity index (χ4n) is 2.47. The van der Waals surface area contributed by atoms with Crippen molar-refractivity contribution in [2.75, 3.05) is 19.7 Å². The highest BCUT2D eigenvalue weighted by molar-refractivity contribution is 5.73. The maximum Gasteiger partial charge on any atom is 0.310 e. The molecule has 1 N–H and O–H groups in total. The first kappa shape index (κ1) is 13.1. The number of hydrogen-bond acceptors (Lipinski definition) is 3. The lowest BCUT2D eigenvalue weighted by Crippen LogP contribution is -2.39. The third-order valence-corrected chi connectivity index (χ3v) is 3.52. The van der Waals surface area contributed by atoms with Gasteiger partial charge >= 0.3 is 5.97 Å². The summed E-state index contributed by atoms with van der Waals surface area (Å²) in [6.07, 6.45) is 0.884. The van der Waals surface area contributed by atoms with Crippen molar-refractivity contribution in [1.29, 1.82) is 0 Å². The molecular weight excluding hydrogens is 226 g/mol. The van der Waals surface area contributed by atoms with Crippen LogP contribution in [0.25, 0.3) is 0 Å². The molecule has 2 atom stereocenters. The normalized spacial score (nSPS) is 23.7. The zero-order valence-electron chi connectivity index (χ0n) is 11.1. The molecule has 0 radical (unpaired) electrons. The van der Waals surface area contributed by atoms with Gasteiger partial charge in [0.1, 0.15) is 0 Å². The topological polar surface area (TPSA) is 38.3 Å². The van der Waals surface area contributed by atoms with Gasteiger partial charge in [-0.3, -0.25) is 4.79 Å². The highest BCUT2D eigenvalue weighted by Gasteiger charge is 2.28. The maximum atomic E-state index is 11.8. The van der Waals surface area contributed by atoms with Gasteiger partial charge in [-0.15, -0.1) is 0 Å². The highest BCUT2D eigenvalue weighted by atomic mass is 16.5. The molecular formula is C15H21NO2. The van der Waals surface area contributed by atoms with Crippen LogP contribution in [0.5, 0.6) is 0 Å². The van der Waals surface area contributed by atoms with Gasteiger partial charge in [-0.2, -0.15) is 0 Å². The fraction of sp³-hybridized carbons (Fsp3) is 0.533. The van der Waals surface area contributed by atoms with Crippen LogP contribution in [0.1, 0.15) is 30.4 Å². The van der Waals surface area contributed by atoms with Gasteiger partial charge in [0.25, 0.3) is 0 Å². The number of ether oxygens (including phenoxy) is 1. The van der Waals surface area contributed by atoms with E-state index in [1.54, 1.807) is 0 Å². The second-order valence-corrected chi connectivity index (χ2v) is 4.95. The Morgan fingerprint density at radius 1 is 1.33 bits per heavy atom. The average molecular weight is 247 g/mol. The average Bonchev–Trinajstić information content (AvgIpc) is 2.40. The van der Waals surface area contributed by atoms with Crippen LogP contribution in [-0.4, -0.2) is 25.7 Å². The van der Waals surface area contributed by atoms with E-state index in [2.05, 4.69) is 36.5 Å². The van der Waals surface area contributed by atoms with Gasteiger partial charge in [0.15, 0.2) is 0 Å². The molecule has 1 heterocycles. The molecule has 98 valence electrons. The van der Waals surface area contributed by atoms with Crippen molar-refractivity contribution in [1.82, 2.24) is 5.32 Å². The summed E-state index contributed by atoms with van der Waals surface area (Å²) >= 11 is 0. The van der Waals surface area contributed by atoms with Crippen molar-refractivity contribution < 1.29 is 9.53 Å². The lowest BCUT2D eigenvalue weighted by molar-refractivity contribution is -0.148. The van der Waals surface area contributed by atoms with Crippen molar-refractivity contribution in [3.63, 3.8) is 0 Å². The summed E-state index contributed by atoms with van der Waals surface area (Å²) in [6, 6.07) is 8.58. The number of carbonyl (C=O) groups is 1. The van der Waals surface area contributed by atoms with E-state index in [1.807, 2.05) is 6.92 Å². The third kappa shape index (κ3) is 3.10. The molecule has 0 aliphatic carbocycles. The van der Waals surface area contributed by atoms with Gasteiger partial charge in [-0.1, -0.05) is 29.8 Å². The molecule has 3 nitrogen and oxygen atoms in total. The summed E-state index contributed by atoms with van der Waals surface area (Å²) in [6.45, 7) is 6.08. The minimum atomic E-state index is -0.0678. The zero-order chi connectivity index (χ0) is 13.0. The highest BCUT2D eigenvalue weighted by Crippen LogP contribution is 2.27. The Labute approximate surface area is 109 Å². The van der Waals surface area contributed by atoms with Crippen molar-refractivity contribution in [3.8, 4) is 0 Å². The molecule has 1 aliphatic rings. The standard InChI is InChI=1S/C15H21NO2/c1-3-18-15(17)14-8-13(9-16-10-14)12-6-4-11(2)5-7-12/h4-7,13-14,16H,3,8-10H2,1-2H3. The summed E-state index contributed by atoms with van der Waals surface area (Å²) in [5.74, 6) is 0.334. The zero-order valence-corrected chi connectivity index (χ0v) is 11.1. The van der Waals surface area contributed by atoms with Crippen LogP contribution in [0.3, 0.4) is 0 Å². The van der Waals surface area contributed by atoms with E-state index < -0.39 is 0 Å². The van der Waals surface area contributed by atoms with E-state index in [1.165, 1.54) is 11.1 Å². The number of nitrogens with one attached hydrogen (secondary N) is 1. The largest absolute Gasteiger partial charge is 0.466 e. The van der Waals surface area contributed by atoms with Crippen LogP contribution in [0.15, 0.2) is 24.3 Å². The van der Waals surface area contributed by atoms with Gasteiger partial charge < -0.3 is 10.1 Å². The SMILES string of the molecule is CCOC(=O)C1CNCC(c2ccc(C)cc2)C1. The summed E-state index contributed by atoms with van der Waals surface area (Å²) in [5, 5.41) is 3.34. The van der Waals surface area contributed by atoms with E-state index in [-0.39, 0.29) is 11.9 Å². The Hall–Kier alpha value is -1.35. The molecule has 0 saturated carbocycles. The molecule has 0 bridgehead atoms. The first-order valence-corrected chi connectivity index (χ1v) is 6.64. The van der Waals surface area contributed by atoms with Crippen LogP contribution < -0.4 is 5.32 Å². The van der Waals surface area contributed by atoms with Gasteiger partial charge in [0.05, 0.1) is 12.5 Å². The van der Waals surface area contributed by atoms with E-state index in [0.717, 1.165) is 19.5 Å². The molecule has 1 aromatic rings. The molecule has 2 unspecified atom stereocenters. The van der Waals surface area contributed by atoms with Crippen molar-refractivity contribution in [2.24, 2.45) is 5.92 Å². The van der Waals surface area contributed by atoms with Crippen LogP contribution in [0, 0.1) is 12.8 Å². The van der Waals surface area contributed by atoms with E-state index >= 15 is 0 Å². The second-order valence-electron chi connectivity index (χ2n) is 4.95. The smallest absolute Gasteiger partial charge is 0.310 e. The number of hydrogen-bond donors (Lipinski definition) is 1. The lowest BCUT2D eigenvalue weighted by Gasteiger charge is -2.29. The summed E-state index contributed by atoms with van der Waals surface area (Å²) < 4.78 is 5.11. The van der Waals surface area contributed by atoms with Crippen molar-refractivity contribution >= 4 is 5.97 Å². The molecule has 1 saturated heterocycles. The Kier molecular flexibility index (Phi) is 4.37. The van der Waals surface area contributed by atoms with Crippen LogP contribution in [-0.2, 0) is 9.53 Å². The molecule has 1 aromatic carbocycles. The number of piperidine rings is 1. The summed E-state index contributed by atoms with van der Waals surface area (Å²) in [4.78, 5) is 11.8. The van der Waals surface area contributed by atoms with Crippen molar-refractivity contribution in [3.05, 3.63) is 35.4 Å². The number of carbonyl (C=O) groups excluding carboxylic acids is 1. The monoisotopic (exact) mass is 247 g/mol. The molecule has 18 heavy (non-hydrogen) atoms. The number of rotatable bonds is 3. The van der Waals surface area contributed by atoms with Crippen LogP contribution >= 0.6 is 0 Å². The van der Waals surface area contributed by atoms with Gasteiger partial charge in [-0.05, 0) is 31.7 Å². The fourth-order valence-corrected chi connectivity index (χ4v) is 2.47. The van der Waals surface area contributed by atoms with Gasteiger partial charge in [-0.25, -0.2) is 0 Å². The molecule has 0 spiro atoms. The Morgan fingerprint density at radius 3 is 2.72 bits per heavy atom. The minimum Gasteiger partial charge on any atom is -0.466 e. The van der Waals surface area contributed by atoms with Crippen LogP contribution in [0.4, 0.5) is 0 Å². The van der Waals surface area contributed by atoms with Gasteiger partial charge in [0.2, 0.25) is 0 Å². The molecule has 0 amide bonds. The number of benzene rings is 1. The first-order valence-electron chi connectivity index (χ1n) is 6.64. The summed E-state index contributed by atoms with van der Waals surface area (Å²) in [5.41, 5.74) is 2.58. The van der Waals surface area contributed by atoms with E-state index in [9.17, 15) is 4.79 Å². The van der Waals surface area contributed by atoms with Crippen LogP contribution in [0.2, 0.25) is 0 Å². The minimum absolute atomic E-state index is 0.00926. The second kappa shape index (κ2) is 6.01. The van der Waals surface area contributed by atoms with E-state index in [0.29, 0.717) is 12.5 Å². The molecule has 0 aromatic heterocycles. The first-order chi connectivity index (χ1) is 8.70. The van der Waals surface area contributed by atoms with Crippen molar-refractivity contribution in [2.45, 2.75) is 26.2 Å². The molecule has 1 fully saturated rings. The Balaban J connectivity index is 2.02. The summed E-state index contributed by atoms with van der Waals surface area (Å²) in [7, 11) is 0. The predicted octanol–water partition coefficient (Wildman–Crippen LogP) is 2.25. The Bertz CT molecular complexity index is 399. The number of esters is 1. The third-order valence-electron chi connectivity index (χ3n) is 3.52. The van der Waals surface area contributed by atoms with E-state index in [4.69, 9.17) is 4.74 Å². The number of aryl methyl sites for hydroxylation is 1. The quantitative estimate of drug-likeness (QED) is 0.833. The maximum absolute atomic E-state index is 11.8. The van der Waals surface area contributed by atoms with Gasteiger partial charge in [0, 0.05) is 13.1 Å².